The number of hydrogen-bond acceptors (Lipinski definition) is 1. The van der Waals surface area contributed by atoms with E-state index in [4.69, 9.17) is 0 Å². The monoisotopic (exact) mass is 562 g/mol. The molecule has 0 fully saturated rings. The summed E-state index contributed by atoms with van der Waals surface area (Å²) >= 11 is 0. The van der Waals surface area contributed by atoms with Crippen LogP contribution in [-0.2, 0) is 0 Å². The van der Waals surface area contributed by atoms with Crippen molar-refractivity contribution in [3.63, 3.8) is 0 Å². The normalized spacial score (nSPS) is 13.2. The molecule has 0 aromatic rings. The first-order chi connectivity index (χ1) is 19.5. The molecule has 240 valence electrons. The molecule has 0 radical (unpaired) electrons. The lowest BCUT2D eigenvalue weighted by atomic mass is 9.87. The van der Waals surface area contributed by atoms with Crippen LogP contribution >= 0.6 is 0 Å². The largest absolute Gasteiger partial charge is 0.309 e. The van der Waals surface area contributed by atoms with Gasteiger partial charge in [-0.1, -0.05) is 200 Å². The van der Waals surface area contributed by atoms with Crippen molar-refractivity contribution in [2.75, 3.05) is 20.6 Å². The topological polar surface area (TPSA) is 3.24 Å². The minimum absolute atomic E-state index is 0.893. The third-order valence-corrected chi connectivity index (χ3v) is 9.34. The number of hydrogen-bond donors (Lipinski definition) is 0. The van der Waals surface area contributed by atoms with Gasteiger partial charge in [-0.15, -0.1) is 0 Å². The Morgan fingerprint density at radius 1 is 0.450 bits per heavy atom. The Morgan fingerprint density at radius 3 is 1.23 bits per heavy atom. The van der Waals surface area contributed by atoms with E-state index in [0.29, 0.717) is 0 Å². The molecular formula is C39H79N. The summed E-state index contributed by atoms with van der Waals surface area (Å²) in [6, 6.07) is 0. The molecule has 0 aliphatic heterocycles. The van der Waals surface area contributed by atoms with E-state index in [1.807, 2.05) is 0 Å². The summed E-state index contributed by atoms with van der Waals surface area (Å²) in [5.74, 6) is 1.91. The standard InChI is InChI=1S/C39H79N/c1-7-10-13-15-16-18-22-26-33-39(36-37(4)29-28-35-40(5)6)34-27-23-20-17-19-21-25-32-38(30-12-9-3)31-24-14-11-8-2/h38-39H,4,7-36H2,1-3,5-6H3. The van der Waals surface area contributed by atoms with Gasteiger partial charge in [-0.05, 0) is 51.7 Å². The SMILES string of the molecule is C=C(CCCN(C)C)CC(CCCCCCCCCC)CCCCCCCCCC(CCCC)CCCCCC. The summed E-state index contributed by atoms with van der Waals surface area (Å²) < 4.78 is 0. The van der Waals surface area contributed by atoms with Gasteiger partial charge in [0.05, 0.1) is 0 Å². The molecule has 0 rings (SSSR count). The maximum absolute atomic E-state index is 4.50. The molecule has 40 heavy (non-hydrogen) atoms. The highest BCUT2D eigenvalue weighted by Gasteiger charge is 2.11. The van der Waals surface area contributed by atoms with Crippen LogP contribution in [0, 0.1) is 11.8 Å². The second-order valence-electron chi connectivity index (χ2n) is 13.9. The lowest BCUT2D eigenvalue weighted by molar-refractivity contribution is 0.370. The number of rotatable bonds is 33. The van der Waals surface area contributed by atoms with Crippen LogP contribution in [0.3, 0.4) is 0 Å². The van der Waals surface area contributed by atoms with Gasteiger partial charge in [-0.2, -0.15) is 0 Å². The highest BCUT2D eigenvalue weighted by atomic mass is 15.0. The zero-order valence-electron chi connectivity index (χ0n) is 29.0. The second kappa shape index (κ2) is 31.6. The molecule has 0 aliphatic rings. The van der Waals surface area contributed by atoms with E-state index < -0.39 is 0 Å². The molecule has 0 aromatic heterocycles. The van der Waals surface area contributed by atoms with E-state index in [-0.39, 0.29) is 0 Å². The van der Waals surface area contributed by atoms with Crippen LogP contribution in [0.5, 0.6) is 0 Å². The molecule has 0 bridgehead atoms. The van der Waals surface area contributed by atoms with E-state index in [2.05, 4.69) is 46.3 Å². The van der Waals surface area contributed by atoms with Crippen molar-refractivity contribution in [2.45, 2.75) is 207 Å². The first kappa shape index (κ1) is 39.7. The fourth-order valence-corrected chi connectivity index (χ4v) is 6.61. The molecule has 0 N–H and O–H groups in total. The van der Waals surface area contributed by atoms with Crippen LogP contribution in [0.4, 0.5) is 0 Å². The molecule has 2 unspecified atom stereocenters. The van der Waals surface area contributed by atoms with Crippen molar-refractivity contribution in [1.29, 1.82) is 0 Å². The Bertz CT molecular complexity index is 495. The van der Waals surface area contributed by atoms with E-state index >= 15 is 0 Å². The van der Waals surface area contributed by atoms with Gasteiger partial charge in [0.25, 0.3) is 0 Å². The number of unbranched alkanes of at least 4 members (excludes halogenated alkanes) is 17. The third kappa shape index (κ3) is 29.2. The van der Waals surface area contributed by atoms with Crippen molar-refractivity contribution in [3.05, 3.63) is 12.2 Å². The Labute approximate surface area is 256 Å². The van der Waals surface area contributed by atoms with Crippen LogP contribution in [0.2, 0.25) is 0 Å². The maximum Gasteiger partial charge on any atom is -0.00218 e. The molecule has 0 aliphatic carbocycles. The average Bonchev–Trinajstić information content (AvgIpc) is 2.93. The Morgan fingerprint density at radius 2 is 0.800 bits per heavy atom. The average molecular weight is 562 g/mol. The minimum Gasteiger partial charge on any atom is -0.309 e. The lowest BCUT2D eigenvalue weighted by Gasteiger charge is -2.19. The summed E-state index contributed by atoms with van der Waals surface area (Å²) in [5.41, 5.74) is 1.52. The van der Waals surface area contributed by atoms with E-state index in [0.717, 1.165) is 11.8 Å². The zero-order chi connectivity index (χ0) is 29.5. The molecule has 0 saturated carbocycles. The van der Waals surface area contributed by atoms with Gasteiger partial charge in [0.2, 0.25) is 0 Å². The van der Waals surface area contributed by atoms with E-state index in [1.54, 1.807) is 0 Å². The maximum atomic E-state index is 4.50. The molecule has 2 atom stereocenters. The zero-order valence-corrected chi connectivity index (χ0v) is 29.0. The van der Waals surface area contributed by atoms with Crippen molar-refractivity contribution >= 4 is 0 Å². The fraction of sp³-hybridized carbons (Fsp3) is 0.949. The Balaban J connectivity index is 4.11. The highest BCUT2D eigenvalue weighted by Crippen LogP contribution is 2.27. The predicted molar refractivity (Wildman–Crippen MR) is 186 cm³/mol. The van der Waals surface area contributed by atoms with Crippen molar-refractivity contribution < 1.29 is 0 Å². The first-order valence-electron chi connectivity index (χ1n) is 18.8. The molecule has 0 saturated heterocycles. The van der Waals surface area contributed by atoms with Crippen molar-refractivity contribution in [1.82, 2.24) is 4.90 Å². The van der Waals surface area contributed by atoms with Crippen molar-refractivity contribution in [3.8, 4) is 0 Å². The minimum atomic E-state index is 0.893. The highest BCUT2D eigenvalue weighted by molar-refractivity contribution is 4.96. The van der Waals surface area contributed by atoms with Gasteiger partial charge in [0, 0.05) is 0 Å². The van der Waals surface area contributed by atoms with Gasteiger partial charge < -0.3 is 4.90 Å². The van der Waals surface area contributed by atoms with Crippen LogP contribution < -0.4 is 0 Å². The van der Waals surface area contributed by atoms with Gasteiger partial charge in [-0.25, -0.2) is 0 Å². The van der Waals surface area contributed by atoms with Crippen LogP contribution in [0.15, 0.2) is 12.2 Å². The first-order valence-corrected chi connectivity index (χ1v) is 18.8. The molecule has 1 heteroatoms. The van der Waals surface area contributed by atoms with Gasteiger partial charge in [0.1, 0.15) is 0 Å². The molecule has 0 aromatic carbocycles. The smallest absolute Gasteiger partial charge is 0.00218 e. The lowest BCUT2D eigenvalue weighted by Crippen LogP contribution is -2.13. The van der Waals surface area contributed by atoms with Crippen LogP contribution in [0.1, 0.15) is 207 Å². The number of allylic oxidation sites excluding steroid dienone is 1. The molecule has 0 amide bonds. The summed E-state index contributed by atoms with van der Waals surface area (Å²) in [5, 5.41) is 0. The van der Waals surface area contributed by atoms with Gasteiger partial charge >= 0.3 is 0 Å². The molecule has 0 spiro atoms. The van der Waals surface area contributed by atoms with E-state index in [9.17, 15) is 0 Å². The summed E-state index contributed by atoms with van der Waals surface area (Å²) in [6.07, 6.45) is 41.5. The van der Waals surface area contributed by atoms with Crippen LogP contribution in [-0.4, -0.2) is 25.5 Å². The summed E-state index contributed by atoms with van der Waals surface area (Å²) in [7, 11) is 4.38. The quantitative estimate of drug-likeness (QED) is 0.0569. The molecular weight excluding hydrogens is 482 g/mol. The number of nitrogens with zero attached hydrogens (tertiary/aromatic N) is 1. The van der Waals surface area contributed by atoms with Gasteiger partial charge in [0.15, 0.2) is 0 Å². The summed E-state index contributed by atoms with van der Waals surface area (Å²) in [4.78, 5) is 2.31. The van der Waals surface area contributed by atoms with E-state index in [1.165, 1.54) is 198 Å². The van der Waals surface area contributed by atoms with Crippen molar-refractivity contribution in [2.24, 2.45) is 11.8 Å². The van der Waals surface area contributed by atoms with Crippen LogP contribution in [0.25, 0.3) is 0 Å². The summed E-state index contributed by atoms with van der Waals surface area (Å²) in [6.45, 7) is 12.7. The Hall–Kier alpha value is -0.300. The Kier molecular flexibility index (Phi) is 31.4. The molecule has 0 heterocycles. The third-order valence-electron chi connectivity index (χ3n) is 9.34. The fourth-order valence-electron chi connectivity index (χ4n) is 6.61. The van der Waals surface area contributed by atoms with Gasteiger partial charge in [-0.3, -0.25) is 0 Å². The molecule has 1 nitrogen and oxygen atoms in total. The predicted octanol–water partition coefficient (Wildman–Crippen LogP) is 13.7. The second-order valence-corrected chi connectivity index (χ2v) is 13.9.